The topological polar surface area (TPSA) is 97.0 Å². The molecular formula is C20H22N6O2. The lowest BCUT2D eigenvalue weighted by Crippen LogP contribution is -2.39. The van der Waals surface area contributed by atoms with E-state index >= 15 is 0 Å². The molecule has 3 heterocycles. The highest BCUT2D eigenvalue weighted by molar-refractivity contribution is 5.93. The first-order chi connectivity index (χ1) is 13.7. The molecule has 1 aliphatic rings. The summed E-state index contributed by atoms with van der Waals surface area (Å²) in [6.07, 6.45) is 5.76. The van der Waals surface area contributed by atoms with Gasteiger partial charge in [0.25, 0.3) is 5.91 Å². The summed E-state index contributed by atoms with van der Waals surface area (Å²) in [4.78, 5) is 27.4. The predicted molar refractivity (Wildman–Crippen MR) is 103 cm³/mol. The van der Waals surface area contributed by atoms with Gasteiger partial charge in [0.15, 0.2) is 5.82 Å². The van der Waals surface area contributed by atoms with Gasteiger partial charge >= 0.3 is 0 Å². The highest BCUT2D eigenvalue weighted by Gasteiger charge is 2.25. The van der Waals surface area contributed by atoms with E-state index in [1.807, 2.05) is 42.2 Å². The van der Waals surface area contributed by atoms with Gasteiger partial charge in [-0.2, -0.15) is 4.98 Å². The molecule has 0 spiro atoms. The third-order valence-electron chi connectivity index (χ3n) is 4.86. The minimum Gasteiger partial charge on any atom is -0.339 e. The molecule has 0 atom stereocenters. The minimum atomic E-state index is -0.0293. The lowest BCUT2D eigenvalue weighted by molar-refractivity contribution is 0.0686. The molecule has 0 unspecified atom stereocenters. The fourth-order valence-corrected chi connectivity index (χ4v) is 3.35. The number of benzene rings is 1. The van der Waals surface area contributed by atoms with Crippen LogP contribution in [0.2, 0.25) is 0 Å². The Morgan fingerprint density at radius 1 is 1.18 bits per heavy atom. The maximum Gasteiger partial charge on any atom is 0.256 e. The van der Waals surface area contributed by atoms with Crippen LogP contribution in [-0.2, 0) is 6.42 Å². The molecule has 1 fully saturated rings. The Hall–Kier alpha value is -3.29. The van der Waals surface area contributed by atoms with Crippen LogP contribution >= 0.6 is 0 Å². The summed E-state index contributed by atoms with van der Waals surface area (Å²) in [5, 5.41) is 6.94. The Morgan fingerprint density at radius 2 is 1.89 bits per heavy atom. The van der Waals surface area contributed by atoms with Crippen LogP contribution in [0.4, 0.5) is 11.6 Å². The Labute approximate surface area is 163 Å². The van der Waals surface area contributed by atoms with Crippen LogP contribution in [0.25, 0.3) is 0 Å². The number of aryl methyl sites for hydroxylation is 1. The lowest BCUT2D eigenvalue weighted by atomic mass is 9.93. The molecule has 0 aliphatic carbocycles. The van der Waals surface area contributed by atoms with Gasteiger partial charge in [0.05, 0.1) is 5.56 Å². The highest BCUT2D eigenvalue weighted by atomic mass is 16.5. The molecule has 8 heteroatoms. The summed E-state index contributed by atoms with van der Waals surface area (Å²) < 4.78 is 5.20. The van der Waals surface area contributed by atoms with Gasteiger partial charge in [-0.05, 0) is 37.8 Å². The van der Waals surface area contributed by atoms with Crippen LogP contribution in [0.3, 0.4) is 0 Å². The van der Waals surface area contributed by atoms with E-state index < -0.39 is 0 Å². The van der Waals surface area contributed by atoms with Gasteiger partial charge in [0, 0.05) is 37.6 Å². The number of rotatable bonds is 5. The zero-order valence-electron chi connectivity index (χ0n) is 15.7. The molecule has 0 saturated carbocycles. The second-order valence-corrected chi connectivity index (χ2v) is 6.96. The van der Waals surface area contributed by atoms with Crippen molar-refractivity contribution >= 4 is 17.5 Å². The number of carbonyl (C=O) groups is 1. The number of hydrogen-bond acceptors (Lipinski definition) is 7. The van der Waals surface area contributed by atoms with Crippen molar-refractivity contribution in [3.8, 4) is 0 Å². The van der Waals surface area contributed by atoms with Crippen LogP contribution in [0, 0.1) is 12.8 Å². The van der Waals surface area contributed by atoms with E-state index in [0.29, 0.717) is 42.2 Å². The third-order valence-corrected chi connectivity index (χ3v) is 4.86. The molecule has 1 saturated heterocycles. The van der Waals surface area contributed by atoms with Gasteiger partial charge in [-0.15, -0.1) is 0 Å². The number of carbonyl (C=O) groups excluding carboxylic acids is 1. The first kappa shape index (κ1) is 18.1. The van der Waals surface area contributed by atoms with Gasteiger partial charge in [0.2, 0.25) is 11.8 Å². The summed E-state index contributed by atoms with van der Waals surface area (Å²) in [7, 11) is 0. The first-order valence-corrected chi connectivity index (χ1v) is 9.40. The molecule has 1 aromatic carbocycles. The fourth-order valence-electron chi connectivity index (χ4n) is 3.35. The maximum absolute atomic E-state index is 12.7. The van der Waals surface area contributed by atoms with Gasteiger partial charge in [-0.25, -0.2) is 9.97 Å². The van der Waals surface area contributed by atoms with E-state index in [0.717, 1.165) is 24.9 Å². The van der Waals surface area contributed by atoms with Crippen LogP contribution in [0.1, 0.15) is 34.9 Å². The molecule has 28 heavy (non-hydrogen) atoms. The van der Waals surface area contributed by atoms with Crippen molar-refractivity contribution in [3.63, 3.8) is 0 Å². The van der Waals surface area contributed by atoms with Crippen molar-refractivity contribution in [2.24, 2.45) is 5.92 Å². The summed E-state index contributed by atoms with van der Waals surface area (Å²) in [5.74, 6) is 2.23. The molecule has 8 nitrogen and oxygen atoms in total. The molecule has 0 radical (unpaired) electrons. The number of aromatic nitrogens is 4. The van der Waals surface area contributed by atoms with Crippen LogP contribution < -0.4 is 5.32 Å². The molecule has 1 N–H and O–H groups in total. The van der Waals surface area contributed by atoms with E-state index in [2.05, 4.69) is 25.4 Å². The molecule has 0 bridgehead atoms. The standard InChI is InChI=1S/C20H22N6O2/c1-14-23-18(28-25-14)11-15-7-9-26(10-8-15)19(27)16-12-21-20(22-13-16)24-17-5-3-2-4-6-17/h2-6,12-13,15H,7-11H2,1H3,(H,21,22,24). The van der Waals surface area contributed by atoms with E-state index in [1.54, 1.807) is 12.4 Å². The Morgan fingerprint density at radius 3 is 2.54 bits per heavy atom. The van der Waals surface area contributed by atoms with E-state index in [1.165, 1.54) is 0 Å². The number of nitrogens with one attached hydrogen (secondary N) is 1. The second-order valence-electron chi connectivity index (χ2n) is 6.96. The Bertz CT molecular complexity index is 917. The quantitative estimate of drug-likeness (QED) is 0.729. The summed E-state index contributed by atoms with van der Waals surface area (Å²) in [6, 6.07) is 9.68. The number of amides is 1. The summed E-state index contributed by atoms with van der Waals surface area (Å²) in [5.41, 5.74) is 1.41. The van der Waals surface area contributed by atoms with Crippen LogP contribution in [0.15, 0.2) is 47.2 Å². The molecule has 2 aromatic heterocycles. The fraction of sp³-hybridized carbons (Fsp3) is 0.350. The number of piperidine rings is 1. The SMILES string of the molecule is Cc1noc(CC2CCN(C(=O)c3cnc(Nc4ccccc4)nc3)CC2)n1. The molecule has 1 aliphatic heterocycles. The Balaban J connectivity index is 1.31. The largest absolute Gasteiger partial charge is 0.339 e. The van der Waals surface area contributed by atoms with Crippen molar-refractivity contribution in [1.82, 2.24) is 25.0 Å². The molecule has 4 rings (SSSR count). The van der Waals surface area contributed by atoms with Crippen molar-refractivity contribution < 1.29 is 9.32 Å². The monoisotopic (exact) mass is 378 g/mol. The molecule has 1 amide bonds. The average molecular weight is 378 g/mol. The van der Waals surface area contributed by atoms with E-state index in [9.17, 15) is 4.79 Å². The number of likely N-dealkylation sites (tertiary alicyclic amines) is 1. The van der Waals surface area contributed by atoms with E-state index in [4.69, 9.17) is 4.52 Å². The first-order valence-electron chi connectivity index (χ1n) is 9.40. The van der Waals surface area contributed by atoms with Gasteiger partial charge in [-0.3, -0.25) is 4.79 Å². The summed E-state index contributed by atoms with van der Waals surface area (Å²) >= 11 is 0. The van der Waals surface area contributed by atoms with Crippen molar-refractivity contribution in [1.29, 1.82) is 0 Å². The normalized spacial score (nSPS) is 14.8. The highest BCUT2D eigenvalue weighted by Crippen LogP contribution is 2.22. The van der Waals surface area contributed by atoms with Crippen LogP contribution in [0.5, 0.6) is 0 Å². The smallest absolute Gasteiger partial charge is 0.256 e. The predicted octanol–water partition coefficient (Wildman–Crippen LogP) is 3.01. The van der Waals surface area contributed by atoms with E-state index in [-0.39, 0.29) is 5.91 Å². The number of para-hydroxylation sites is 1. The van der Waals surface area contributed by atoms with Gasteiger partial charge in [-0.1, -0.05) is 23.4 Å². The van der Waals surface area contributed by atoms with Crippen molar-refractivity contribution in [2.45, 2.75) is 26.2 Å². The maximum atomic E-state index is 12.7. The molecule has 3 aromatic rings. The minimum absolute atomic E-state index is 0.0293. The second kappa shape index (κ2) is 8.16. The zero-order valence-corrected chi connectivity index (χ0v) is 15.7. The van der Waals surface area contributed by atoms with Crippen LogP contribution in [-0.4, -0.2) is 44.0 Å². The third kappa shape index (κ3) is 4.33. The van der Waals surface area contributed by atoms with Crippen molar-refractivity contribution in [2.75, 3.05) is 18.4 Å². The summed E-state index contributed by atoms with van der Waals surface area (Å²) in [6.45, 7) is 3.23. The van der Waals surface area contributed by atoms with Crippen molar-refractivity contribution in [3.05, 3.63) is 60.0 Å². The average Bonchev–Trinajstić information content (AvgIpc) is 3.14. The number of hydrogen-bond donors (Lipinski definition) is 1. The molecule has 144 valence electrons. The number of nitrogens with zero attached hydrogens (tertiary/aromatic N) is 5. The van der Waals surface area contributed by atoms with Gasteiger partial charge < -0.3 is 14.7 Å². The lowest BCUT2D eigenvalue weighted by Gasteiger charge is -2.31. The molecular weight excluding hydrogens is 356 g/mol. The number of anilines is 2. The van der Waals surface area contributed by atoms with Gasteiger partial charge in [0.1, 0.15) is 0 Å². The zero-order chi connectivity index (χ0) is 19.3. The Kier molecular flexibility index (Phi) is 5.27.